The van der Waals surface area contributed by atoms with Gasteiger partial charge in [0.25, 0.3) is 0 Å². The van der Waals surface area contributed by atoms with Gasteiger partial charge in [-0.15, -0.1) is 11.3 Å². The molecule has 0 aliphatic carbocycles. The molecule has 25 heavy (non-hydrogen) atoms. The van der Waals surface area contributed by atoms with Crippen LogP contribution in [0.15, 0.2) is 41.8 Å². The van der Waals surface area contributed by atoms with Crippen molar-refractivity contribution < 1.29 is 19.1 Å². The van der Waals surface area contributed by atoms with E-state index in [0.717, 1.165) is 10.2 Å². The molecular weight excluding hydrogens is 340 g/mol. The molecule has 0 fully saturated rings. The van der Waals surface area contributed by atoms with Crippen LogP contribution >= 0.6 is 11.3 Å². The molecule has 0 bridgehead atoms. The SMILES string of the molecule is CCOC(=O)c1cc2ccsc2n1CC(=O)Nc1ccccc1OC. The van der Waals surface area contributed by atoms with Gasteiger partial charge in [-0.25, -0.2) is 4.79 Å². The fraction of sp³-hybridized carbons (Fsp3) is 0.222. The Hall–Kier alpha value is -2.80. The van der Waals surface area contributed by atoms with E-state index in [0.29, 0.717) is 17.1 Å². The van der Waals surface area contributed by atoms with E-state index in [4.69, 9.17) is 9.47 Å². The van der Waals surface area contributed by atoms with Crippen molar-refractivity contribution in [1.29, 1.82) is 0 Å². The Morgan fingerprint density at radius 3 is 2.80 bits per heavy atom. The summed E-state index contributed by atoms with van der Waals surface area (Å²) in [6.07, 6.45) is 0. The highest BCUT2D eigenvalue weighted by atomic mass is 32.1. The molecule has 0 saturated heterocycles. The molecule has 0 saturated carbocycles. The molecule has 2 heterocycles. The van der Waals surface area contributed by atoms with Crippen LogP contribution in [0, 0.1) is 0 Å². The molecule has 7 heteroatoms. The van der Waals surface area contributed by atoms with E-state index in [1.807, 2.05) is 23.6 Å². The third-order valence-corrected chi connectivity index (χ3v) is 4.62. The smallest absolute Gasteiger partial charge is 0.355 e. The van der Waals surface area contributed by atoms with Crippen molar-refractivity contribution in [2.24, 2.45) is 0 Å². The number of fused-ring (bicyclic) bond motifs is 1. The minimum atomic E-state index is -0.434. The van der Waals surface area contributed by atoms with Gasteiger partial charge in [-0.05, 0) is 36.6 Å². The lowest BCUT2D eigenvalue weighted by molar-refractivity contribution is -0.116. The number of methoxy groups -OCH3 is 1. The highest BCUT2D eigenvalue weighted by molar-refractivity contribution is 7.16. The van der Waals surface area contributed by atoms with Gasteiger partial charge >= 0.3 is 5.97 Å². The molecule has 0 unspecified atom stereocenters. The predicted molar refractivity (Wildman–Crippen MR) is 97.4 cm³/mol. The van der Waals surface area contributed by atoms with Crippen molar-refractivity contribution in [3.8, 4) is 5.75 Å². The Bertz CT molecular complexity index is 913. The Labute approximate surface area is 149 Å². The number of aromatic nitrogens is 1. The molecule has 1 amide bonds. The monoisotopic (exact) mass is 358 g/mol. The fourth-order valence-corrected chi connectivity index (χ4v) is 3.48. The Kier molecular flexibility index (Phi) is 5.04. The summed E-state index contributed by atoms with van der Waals surface area (Å²) in [5, 5.41) is 5.66. The van der Waals surface area contributed by atoms with Crippen molar-refractivity contribution in [2.75, 3.05) is 19.0 Å². The van der Waals surface area contributed by atoms with Crippen molar-refractivity contribution in [1.82, 2.24) is 4.57 Å². The van der Waals surface area contributed by atoms with Crippen molar-refractivity contribution >= 4 is 39.1 Å². The van der Waals surface area contributed by atoms with Crippen LogP contribution in [0.4, 0.5) is 5.69 Å². The number of nitrogens with one attached hydrogen (secondary N) is 1. The van der Waals surface area contributed by atoms with Crippen LogP contribution in [0.1, 0.15) is 17.4 Å². The third-order valence-electron chi connectivity index (χ3n) is 3.67. The first-order valence-corrected chi connectivity index (χ1v) is 8.68. The first-order chi connectivity index (χ1) is 12.1. The molecule has 0 aliphatic rings. The molecule has 0 radical (unpaired) electrons. The van der Waals surface area contributed by atoms with Crippen molar-refractivity contribution in [3.63, 3.8) is 0 Å². The number of hydrogen-bond donors (Lipinski definition) is 1. The summed E-state index contributed by atoms with van der Waals surface area (Å²) in [7, 11) is 1.55. The fourth-order valence-electron chi connectivity index (χ4n) is 2.59. The molecule has 3 aromatic rings. The zero-order valence-corrected chi connectivity index (χ0v) is 14.8. The summed E-state index contributed by atoms with van der Waals surface area (Å²) in [4.78, 5) is 25.6. The summed E-state index contributed by atoms with van der Waals surface area (Å²) < 4.78 is 12.0. The molecule has 3 rings (SSSR count). The molecule has 0 atom stereocenters. The number of thiophene rings is 1. The first kappa shape index (κ1) is 17.0. The van der Waals surface area contributed by atoms with Crippen molar-refractivity contribution in [2.45, 2.75) is 13.5 Å². The van der Waals surface area contributed by atoms with Gasteiger partial charge < -0.3 is 19.4 Å². The standard InChI is InChI=1S/C18H18N2O4S/c1-3-24-18(22)14-10-12-8-9-25-17(12)20(14)11-16(21)19-13-6-4-5-7-15(13)23-2/h4-10H,3,11H2,1-2H3,(H,19,21). The topological polar surface area (TPSA) is 69.6 Å². The van der Waals surface area contributed by atoms with Gasteiger partial charge in [0.15, 0.2) is 0 Å². The first-order valence-electron chi connectivity index (χ1n) is 7.80. The Balaban J connectivity index is 1.86. The lowest BCUT2D eigenvalue weighted by Gasteiger charge is -2.12. The van der Waals surface area contributed by atoms with Crippen LogP contribution in [0.3, 0.4) is 0 Å². The largest absolute Gasteiger partial charge is 0.495 e. The lowest BCUT2D eigenvalue weighted by Crippen LogP contribution is -2.22. The molecule has 2 aromatic heterocycles. The van der Waals surface area contributed by atoms with Crippen LogP contribution < -0.4 is 10.1 Å². The second-order valence-corrected chi connectivity index (χ2v) is 6.16. The van der Waals surface area contributed by atoms with Gasteiger partial charge in [0.05, 0.1) is 19.4 Å². The number of ether oxygens (including phenoxy) is 2. The zero-order chi connectivity index (χ0) is 17.8. The molecule has 130 valence electrons. The van der Waals surface area contributed by atoms with E-state index in [1.165, 1.54) is 11.3 Å². The van der Waals surface area contributed by atoms with E-state index in [1.54, 1.807) is 36.8 Å². The number of anilines is 1. The summed E-state index contributed by atoms with van der Waals surface area (Å²) in [6.45, 7) is 2.04. The molecule has 1 aromatic carbocycles. The molecule has 6 nitrogen and oxygen atoms in total. The second-order valence-electron chi connectivity index (χ2n) is 5.27. The van der Waals surface area contributed by atoms with Crippen LogP contribution in [0.2, 0.25) is 0 Å². The van der Waals surface area contributed by atoms with E-state index >= 15 is 0 Å². The van der Waals surface area contributed by atoms with Gasteiger partial charge in [-0.2, -0.15) is 0 Å². The van der Waals surface area contributed by atoms with E-state index in [9.17, 15) is 9.59 Å². The normalized spacial score (nSPS) is 10.6. The number of esters is 1. The second kappa shape index (κ2) is 7.40. The number of carbonyl (C=O) groups excluding carboxylic acids is 2. The quantitative estimate of drug-likeness (QED) is 0.685. The maximum Gasteiger partial charge on any atom is 0.355 e. The highest BCUT2D eigenvalue weighted by Gasteiger charge is 2.19. The van der Waals surface area contributed by atoms with Crippen LogP contribution in [0.5, 0.6) is 5.75 Å². The van der Waals surface area contributed by atoms with E-state index in [-0.39, 0.29) is 19.1 Å². The predicted octanol–water partition coefficient (Wildman–Crippen LogP) is 3.53. The van der Waals surface area contributed by atoms with Crippen LogP contribution in [0.25, 0.3) is 10.2 Å². The van der Waals surface area contributed by atoms with Crippen LogP contribution in [-0.4, -0.2) is 30.2 Å². The van der Waals surface area contributed by atoms with Gasteiger partial charge in [0.1, 0.15) is 22.8 Å². The summed E-state index contributed by atoms with van der Waals surface area (Å²) in [6, 6.07) is 10.8. The summed E-state index contributed by atoms with van der Waals surface area (Å²) in [5.41, 5.74) is 0.959. The Morgan fingerprint density at radius 1 is 1.24 bits per heavy atom. The summed E-state index contributed by atoms with van der Waals surface area (Å²) in [5.74, 6) is -0.104. The van der Waals surface area contributed by atoms with Crippen molar-refractivity contribution in [3.05, 3.63) is 47.5 Å². The minimum Gasteiger partial charge on any atom is -0.495 e. The summed E-state index contributed by atoms with van der Waals surface area (Å²) >= 11 is 1.48. The molecule has 1 N–H and O–H groups in total. The highest BCUT2D eigenvalue weighted by Crippen LogP contribution is 2.27. The van der Waals surface area contributed by atoms with Gasteiger partial charge in [0, 0.05) is 5.39 Å². The number of nitrogens with zero attached hydrogens (tertiary/aromatic N) is 1. The average Bonchev–Trinajstić information content (AvgIpc) is 3.18. The number of rotatable bonds is 6. The van der Waals surface area contributed by atoms with Gasteiger partial charge in [-0.3, -0.25) is 4.79 Å². The number of para-hydroxylation sites is 2. The maximum atomic E-state index is 12.5. The number of carbonyl (C=O) groups is 2. The number of benzene rings is 1. The van der Waals surface area contributed by atoms with Crippen LogP contribution in [-0.2, 0) is 16.1 Å². The molecule has 0 spiro atoms. The lowest BCUT2D eigenvalue weighted by atomic mass is 10.3. The van der Waals surface area contributed by atoms with E-state index < -0.39 is 5.97 Å². The zero-order valence-electron chi connectivity index (χ0n) is 13.9. The van der Waals surface area contributed by atoms with Gasteiger partial charge in [-0.1, -0.05) is 12.1 Å². The Morgan fingerprint density at radius 2 is 2.04 bits per heavy atom. The molecular formula is C18H18N2O4S. The third kappa shape index (κ3) is 3.51. The number of amides is 1. The van der Waals surface area contributed by atoms with E-state index in [2.05, 4.69) is 5.32 Å². The maximum absolute atomic E-state index is 12.5. The number of hydrogen-bond acceptors (Lipinski definition) is 5. The molecule has 0 aliphatic heterocycles. The average molecular weight is 358 g/mol. The van der Waals surface area contributed by atoms with Gasteiger partial charge in [0.2, 0.25) is 5.91 Å². The minimum absolute atomic E-state index is 0.0101.